The van der Waals surface area contributed by atoms with E-state index >= 15 is 0 Å². The zero-order chi connectivity index (χ0) is 17.3. The van der Waals surface area contributed by atoms with E-state index in [0.29, 0.717) is 12.1 Å². The molecule has 0 unspecified atom stereocenters. The molecule has 7 nitrogen and oxygen atoms in total. The molecular formula is C17H12N2O5. The molecule has 0 aromatic heterocycles. The van der Waals surface area contributed by atoms with Crippen molar-refractivity contribution in [3.05, 3.63) is 69.8 Å². The number of nitrogens with one attached hydrogen (secondary N) is 1. The fourth-order valence-electron chi connectivity index (χ4n) is 2.72. The Hall–Kier alpha value is -3.48. The molecule has 3 rings (SSSR count). The van der Waals surface area contributed by atoms with Crippen molar-refractivity contribution in [1.82, 2.24) is 0 Å². The Morgan fingerprint density at radius 2 is 1.75 bits per heavy atom. The Balaban J connectivity index is 1.83. The Morgan fingerprint density at radius 3 is 2.42 bits per heavy atom. The quantitative estimate of drug-likeness (QED) is 0.435. The molecule has 1 aliphatic carbocycles. The van der Waals surface area contributed by atoms with Crippen LogP contribution in [0.4, 0.5) is 11.4 Å². The number of aliphatic carboxylic acids is 1. The number of carboxylic acids is 1. The lowest BCUT2D eigenvalue weighted by Crippen LogP contribution is -2.08. The molecule has 0 aliphatic heterocycles. The normalized spacial score (nSPS) is 11.8. The second kappa shape index (κ2) is 5.96. The summed E-state index contributed by atoms with van der Waals surface area (Å²) in [6.07, 6.45) is 2.24. The standard InChI is InChI=1S/C17H12N2O5/c20-16(5-6-17(21)22)18-12-1-3-14-10(8-12)7-11-9-13(19(23)24)2-4-15(11)14/h1-6,8-9H,7H2,(H,18,20)(H,21,22)/b6-5+. The third-order valence-electron chi connectivity index (χ3n) is 3.72. The average molecular weight is 324 g/mol. The smallest absolute Gasteiger partial charge is 0.328 e. The molecule has 0 saturated carbocycles. The Labute approximate surface area is 136 Å². The van der Waals surface area contributed by atoms with Crippen LogP contribution in [-0.2, 0) is 16.0 Å². The van der Waals surface area contributed by atoms with Gasteiger partial charge in [0.1, 0.15) is 0 Å². The van der Waals surface area contributed by atoms with E-state index in [1.165, 1.54) is 6.07 Å². The van der Waals surface area contributed by atoms with Crippen LogP contribution in [0, 0.1) is 10.1 Å². The molecule has 2 aromatic carbocycles. The second-order valence-electron chi connectivity index (χ2n) is 5.31. The van der Waals surface area contributed by atoms with Crippen LogP contribution in [-0.4, -0.2) is 21.9 Å². The first-order valence-electron chi connectivity index (χ1n) is 7.06. The van der Waals surface area contributed by atoms with Crippen molar-refractivity contribution in [2.75, 3.05) is 5.32 Å². The minimum absolute atomic E-state index is 0.0499. The van der Waals surface area contributed by atoms with Gasteiger partial charge in [0, 0.05) is 30.0 Å². The fourth-order valence-corrected chi connectivity index (χ4v) is 2.72. The van der Waals surface area contributed by atoms with Gasteiger partial charge in [0.25, 0.3) is 5.69 Å². The van der Waals surface area contributed by atoms with Gasteiger partial charge in [0.05, 0.1) is 4.92 Å². The predicted molar refractivity (Wildman–Crippen MR) is 86.7 cm³/mol. The molecular weight excluding hydrogens is 312 g/mol. The minimum atomic E-state index is -1.20. The van der Waals surface area contributed by atoms with Gasteiger partial charge in [0.15, 0.2) is 0 Å². The summed E-state index contributed by atoms with van der Waals surface area (Å²) in [4.78, 5) is 32.5. The monoisotopic (exact) mass is 324 g/mol. The number of hydrogen-bond donors (Lipinski definition) is 2. The number of anilines is 1. The van der Waals surface area contributed by atoms with Gasteiger partial charge in [-0.2, -0.15) is 0 Å². The molecule has 2 N–H and O–H groups in total. The summed E-state index contributed by atoms with van der Waals surface area (Å²) >= 11 is 0. The van der Waals surface area contributed by atoms with E-state index in [2.05, 4.69) is 5.32 Å². The number of fused-ring (bicyclic) bond motifs is 3. The molecule has 1 amide bonds. The molecule has 120 valence electrons. The van der Waals surface area contributed by atoms with Gasteiger partial charge >= 0.3 is 5.97 Å². The number of nitro groups is 1. The lowest BCUT2D eigenvalue weighted by Gasteiger charge is -2.05. The number of rotatable bonds is 4. The molecule has 0 fully saturated rings. The Kier molecular flexibility index (Phi) is 3.83. The van der Waals surface area contributed by atoms with Crippen LogP contribution < -0.4 is 5.32 Å². The summed E-state index contributed by atoms with van der Waals surface area (Å²) in [5, 5.41) is 22.0. The van der Waals surface area contributed by atoms with Gasteiger partial charge in [0.2, 0.25) is 5.91 Å². The molecule has 0 bridgehead atoms. The summed E-state index contributed by atoms with van der Waals surface area (Å²) in [5.41, 5.74) is 4.32. The van der Waals surface area contributed by atoms with Crippen LogP contribution in [0.1, 0.15) is 11.1 Å². The highest BCUT2D eigenvalue weighted by atomic mass is 16.6. The van der Waals surface area contributed by atoms with Crippen molar-refractivity contribution in [3.63, 3.8) is 0 Å². The van der Waals surface area contributed by atoms with E-state index in [0.717, 1.165) is 34.4 Å². The maximum Gasteiger partial charge on any atom is 0.328 e. The summed E-state index contributed by atoms with van der Waals surface area (Å²) in [7, 11) is 0. The highest BCUT2D eigenvalue weighted by Gasteiger charge is 2.21. The second-order valence-corrected chi connectivity index (χ2v) is 5.31. The molecule has 24 heavy (non-hydrogen) atoms. The maximum absolute atomic E-state index is 11.6. The first-order chi connectivity index (χ1) is 11.4. The van der Waals surface area contributed by atoms with E-state index in [-0.39, 0.29) is 5.69 Å². The first kappa shape index (κ1) is 15.4. The Morgan fingerprint density at radius 1 is 1.08 bits per heavy atom. The van der Waals surface area contributed by atoms with Crippen molar-refractivity contribution in [2.45, 2.75) is 6.42 Å². The fraction of sp³-hybridized carbons (Fsp3) is 0.0588. The number of amides is 1. The number of nitro benzene ring substituents is 1. The molecule has 0 heterocycles. The van der Waals surface area contributed by atoms with E-state index < -0.39 is 16.8 Å². The highest BCUT2D eigenvalue weighted by Crippen LogP contribution is 2.39. The van der Waals surface area contributed by atoms with Gasteiger partial charge in [-0.15, -0.1) is 0 Å². The third kappa shape index (κ3) is 3.00. The van der Waals surface area contributed by atoms with E-state index in [1.54, 1.807) is 24.3 Å². The summed E-state index contributed by atoms with van der Waals surface area (Å²) < 4.78 is 0. The lowest BCUT2D eigenvalue weighted by atomic mass is 10.1. The molecule has 0 spiro atoms. The number of carbonyl (C=O) groups excluding carboxylic acids is 1. The number of nitrogens with zero attached hydrogens (tertiary/aromatic N) is 1. The highest BCUT2D eigenvalue weighted by molar-refractivity contribution is 6.02. The van der Waals surface area contributed by atoms with E-state index in [1.807, 2.05) is 6.07 Å². The Bertz CT molecular complexity index is 902. The van der Waals surface area contributed by atoms with Crippen LogP contribution in [0.5, 0.6) is 0 Å². The van der Waals surface area contributed by atoms with Crippen LogP contribution in [0.2, 0.25) is 0 Å². The van der Waals surface area contributed by atoms with Gasteiger partial charge < -0.3 is 10.4 Å². The van der Waals surface area contributed by atoms with Crippen LogP contribution in [0.25, 0.3) is 11.1 Å². The topological polar surface area (TPSA) is 110 Å². The lowest BCUT2D eigenvalue weighted by molar-refractivity contribution is -0.384. The molecule has 7 heteroatoms. The van der Waals surface area contributed by atoms with Crippen molar-refractivity contribution in [3.8, 4) is 11.1 Å². The van der Waals surface area contributed by atoms with E-state index in [9.17, 15) is 19.7 Å². The van der Waals surface area contributed by atoms with Crippen LogP contribution in [0.3, 0.4) is 0 Å². The zero-order valence-corrected chi connectivity index (χ0v) is 12.4. The average Bonchev–Trinajstić information content (AvgIpc) is 2.89. The summed E-state index contributed by atoms with van der Waals surface area (Å²) in [6.45, 7) is 0. The maximum atomic E-state index is 11.6. The number of carbonyl (C=O) groups is 2. The largest absolute Gasteiger partial charge is 0.478 e. The number of non-ortho nitro benzene ring substituents is 1. The number of benzene rings is 2. The van der Waals surface area contributed by atoms with Crippen molar-refractivity contribution in [1.29, 1.82) is 0 Å². The molecule has 0 atom stereocenters. The third-order valence-corrected chi connectivity index (χ3v) is 3.72. The summed E-state index contributed by atoms with van der Waals surface area (Å²) in [6, 6.07) is 10.1. The minimum Gasteiger partial charge on any atom is -0.478 e. The van der Waals surface area contributed by atoms with Crippen molar-refractivity contribution >= 4 is 23.3 Å². The van der Waals surface area contributed by atoms with E-state index in [4.69, 9.17) is 5.11 Å². The first-order valence-corrected chi connectivity index (χ1v) is 7.06. The van der Waals surface area contributed by atoms with Gasteiger partial charge in [-0.05, 0) is 46.9 Å². The van der Waals surface area contributed by atoms with Crippen molar-refractivity contribution < 1.29 is 19.6 Å². The number of hydrogen-bond acceptors (Lipinski definition) is 4. The number of carboxylic acid groups (broad SMARTS) is 1. The van der Waals surface area contributed by atoms with Crippen LogP contribution in [0.15, 0.2) is 48.6 Å². The van der Waals surface area contributed by atoms with Crippen LogP contribution >= 0.6 is 0 Å². The molecule has 0 saturated heterocycles. The molecule has 1 aliphatic rings. The van der Waals surface area contributed by atoms with Gasteiger partial charge in [-0.1, -0.05) is 6.07 Å². The predicted octanol–water partition coefficient (Wildman–Crippen LogP) is 2.75. The molecule has 2 aromatic rings. The SMILES string of the molecule is O=C(O)/C=C/C(=O)Nc1ccc2c(c1)Cc1cc([N+](=O)[O-])ccc1-2. The van der Waals surface area contributed by atoms with Crippen molar-refractivity contribution in [2.24, 2.45) is 0 Å². The molecule has 0 radical (unpaired) electrons. The zero-order valence-electron chi connectivity index (χ0n) is 12.4. The summed E-state index contributed by atoms with van der Waals surface area (Å²) in [5.74, 6) is -1.74. The van der Waals surface area contributed by atoms with Gasteiger partial charge in [-0.25, -0.2) is 4.79 Å². The van der Waals surface area contributed by atoms with Gasteiger partial charge in [-0.3, -0.25) is 14.9 Å².